The number of para-hydroxylation sites is 2. The van der Waals surface area contributed by atoms with E-state index in [9.17, 15) is 48.3 Å². The minimum Gasteiger partial charge on any atom is -0.480 e. The lowest BCUT2D eigenvalue weighted by Gasteiger charge is -2.39. The highest BCUT2D eigenvalue weighted by molar-refractivity contribution is 7.82. The lowest BCUT2D eigenvalue weighted by molar-refractivity contribution is -0.277. The van der Waals surface area contributed by atoms with Crippen molar-refractivity contribution in [2.45, 2.75) is 70.2 Å². The van der Waals surface area contributed by atoms with Gasteiger partial charge in [-0.15, -0.1) is 8.42 Å². The van der Waals surface area contributed by atoms with E-state index >= 15 is 0 Å². The molecule has 0 spiro atoms. The number of anilines is 1. The number of hydrogen-bond donors (Lipinski definition) is 7. The van der Waals surface area contributed by atoms with E-state index in [1.807, 2.05) is 0 Å². The van der Waals surface area contributed by atoms with Crippen molar-refractivity contribution in [3.8, 4) is 23.1 Å². The fraction of sp³-hybridized carbons (Fsp3) is 0.429. The molecule has 24 heteroatoms. The molecule has 4 aromatic rings. The van der Waals surface area contributed by atoms with Crippen LogP contribution in [-0.4, -0.2) is 139 Å². The number of nitrogens with zero attached hydrogens (tertiary/aromatic N) is 5. The fourth-order valence-corrected chi connectivity index (χ4v) is 6.14. The van der Waals surface area contributed by atoms with Gasteiger partial charge in [0.2, 0.25) is 24.0 Å². The number of carboxylic acids is 1. The SMILES string of the molecule is CC(C)(C)OC(=O)NCCN(CC(=O)O)C(=O)Cn1cnc2c(OCc3ccc(OS(=O)(=O)Oc4ccccc4OC4O[C@H](CO)[C@H](O)[C@H](O)[C@H]4O)cc3)nc(N)nc21. The van der Waals surface area contributed by atoms with E-state index in [0.29, 0.717) is 5.56 Å². The molecule has 1 aliphatic heterocycles. The number of benzene rings is 2. The van der Waals surface area contributed by atoms with E-state index in [2.05, 4.69) is 20.3 Å². The Labute approximate surface area is 336 Å². The Balaban J connectivity index is 1.19. The van der Waals surface area contributed by atoms with Gasteiger partial charge in [0.25, 0.3) is 0 Å². The number of aliphatic carboxylic acids is 1. The molecule has 0 radical (unpaired) electrons. The molecule has 23 nitrogen and oxygen atoms in total. The van der Waals surface area contributed by atoms with E-state index in [4.69, 9.17) is 33.0 Å². The van der Waals surface area contributed by atoms with Gasteiger partial charge in [-0.1, -0.05) is 24.3 Å². The maximum Gasteiger partial charge on any atom is 0.501 e. The summed E-state index contributed by atoms with van der Waals surface area (Å²) >= 11 is 0. The number of aromatic nitrogens is 4. The first-order chi connectivity index (χ1) is 27.8. The topological polar surface area (TPSA) is 327 Å². The van der Waals surface area contributed by atoms with Gasteiger partial charge in [0, 0.05) is 13.1 Å². The molecule has 1 saturated heterocycles. The number of fused-ring (bicyclic) bond motifs is 1. The fourth-order valence-electron chi connectivity index (χ4n) is 5.40. The smallest absolute Gasteiger partial charge is 0.480 e. The second-order valence-electron chi connectivity index (χ2n) is 13.8. The van der Waals surface area contributed by atoms with Crippen LogP contribution in [0.3, 0.4) is 0 Å². The number of nitrogens with two attached hydrogens (primary N) is 1. The second kappa shape index (κ2) is 18.7. The zero-order valence-corrected chi connectivity index (χ0v) is 32.6. The van der Waals surface area contributed by atoms with Crippen LogP contribution in [0.2, 0.25) is 0 Å². The maximum atomic E-state index is 13.2. The Kier molecular flexibility index (Phi) is 14.0. The van der Waals surface area contributed by atoms with Crippen LogP contribution in [-0.2, 0) is 42.6 Å². The van der Waals surface area contributed by atoms with Crippen LogP contribution in [0.4, 0.5) is 10.7 Å². The first-order valence-corrected chi connectivity index (χ1v) is 19.0. The average molecular weight is 850 g/mol. The van der Waals surface area contributed by atoms with Crippen LogP contribution in [0, 0.1) is 0 Å². The van der Waals surface area contributed by atoms with Gasteiger partial charge in [-0.2, -0.15) is 9.97 Å². The first kappa shape index (κ1) is 44.1. The highest BCUT2D eigenvalue weighted by Gasteiger charge is 2.45. The summed E-state index contributed by atoms with van der Waals surface area (Å²) in [6.07, 6.45) is -7.47. The molecule has 0 bridgehead atoms. The van der Waals surface area contributed by atoms with Gasteiger partial charge in [-0.3, -0.25) is 9.59 Å². The minimum atomic E-state index is -4.79. The van der Waals surface area contributed by atoms with E-state index in [-0.39, 0.29) is 59.9 Å². The first-order valence-electron chi connectivity index (χ1n) is 17.7. The third-order valence-electron chi connectivity index (χ3n) is 8.11. The molecule has 8 N–H and O–H groups in total. The Hall–Kier alpha value is -6.05. The van der Waals surface area contributed by atoms with E-state index < -0.39 is 84.4 Å². The average Bonchev–Trinajstić information content (AvgIpc) is 3.55. The van der Waals surface area contributed by atoms with Gasteiger partial charge in [0.15, 0.2) is 22.7 Å². The molecule has 2 aromatic carbocycles. The molecular weight excluding hydrogens is 806 g/mol. The quantitative estimate of drug-likeness (QED) is 0.0691. The number of carbonyl (C=O) groups excluding carboxylic acids is 2. The summed E-state index contributed by atoms with van der Waals surface area (Å²) in [7, 11) is -4.79. The molecule has 2 amide bonds. The summed E-state index contributed by atoms with van der Waals surface area (Å²) in [5, 5.41) is 51.7. The number of carbonyl (C=O) groups is 3. The maximum absolute atomic E-state index is 13.2. The van der Waals surface area contributed by atoms with E-state index in [0.717, 1.165) is 4.90 Å². The number of ether oxygens (including phenoxy) is 4. The molecule has 1 unspecified atom stereocenters. The standard InChI is InChI=1S/C35H43N7O16S/c1-35(2,3)56-34(50)37-12-13-41(15-25(45)46)24(44)14-42-18-38-26-30(42)39-33(36)40-31(26)53-17-19-8-10-20(11-9-19)57-59(51,52)58-22-7-5-4-6-21(22)54-32-29(49)28(48)27(47)23(16-43)55-32/h4-11,18,23,27-29,32,43,47-49H,12-17H2,1-3H3,(H,37,50)(H,45,46)(H2,36,39,40)/t23-,27+,28+,29-,32?/m1/s1. The second-order valence-corrected chi connectivity index (χ2v) is 15.0. The number of nitrogen functional groups attached to an aromatic ring is 1. The number of aliphatic hydroxyl groups excluding tert-OH is 4. The predicted molar refractivity (Wildman–Crippen MR) is 200 cm³/mol. The molecule has 3 heterocycles. The number of amides is 2. The lowest BCUT2D eigenvalue weighted by atomic mass is 9.99. The lowest BCUT2D eigenvalue weighted by Crippen LogP contribution is -2.60. The van der Waals surface area contributed by atoms with Crippen molar-refractivity contribution in [3.63, 3.8) is 0 Å². The zero-order chi connectivity index (χ0) is 43.1. The van der Waals surface area contributed by atoms with E-state index in [1.165, 1.54) is 59.4 Å². The summed E-state index contributed by atoms with van der Waals surface area (Å²) in [5.74, 6) is -2.94. The van der Waals surface area contributed by atoms with Crippen molar-refractivity contribution >= 4 is 45.5 Å². The molecule has 5 rings (SSSR count). The number of rotatable bonds is 17. The third-order valence-corrected chi connectivity index (χ3v) is 8.89. The van der Waals surface area contributed by atoms with Crippen molar-refractivity contribution in [2.24, 2.45) is 0 Å². The molecule has 2 aromatic heterocycles. The summed E-state index contributed by atoms with van der Waals surface area (Å²) in [6.45, 7) is 2.96. The molecule has 320 valence electrons. The number of hydrogen-bond acceptors (Lipinski definition) is 19. The van der Waals surface area contributed by atoms with Crippen LogP contribution in [0.5, 0.6) is 23.1 Å². The summed E-state index contributed by atoms with van der Waals surface area (Å²) in [5.41, 5.74) is 5.92. The third kappa shape index (κ3) is 12.0. The van der Waals surface area contributed by atoms with Crippen molar-refractivity contribution in [1.82, 2.24) is 29.7 Å². The van der Waals surface area contributed by atoms with Gasteiger partial charge in [-0.25, -0.2) is 9.78 Å². The van der Waals surface area contributed by atoms with Gasteiger partial charge in [-0.05, 0) is 50.6 Å². The van der Waals surface area contributed by atoms with Crippen LogP contribution >= 0.6 is 0 Å². The van der Waals surface area contributed by atoms with Gasteiger partial charge < -0.3 is 73.4 Å². The van der Waals surface area contributed by atoms with Crippen LogP contribution in [0.1, 0.15) is 26.3 Å². The molecule has 5 atom stereocenters. The molecule has 1 fully saturated rings. The number of alkyl carbamates (subject to hydrolysis) is 1. The van der Waals surface area contributed by atoms with Crippen molar-refractivity contribution in [2.75, 3.05) is 32.0 Å². The molecular formula is C35H43N7O16S. The molecule has 0 aliphatic carbocycles. The summed E-state index contributed by atoms with van der Waals surface area (Å²) in [4.78, 5) is 50.2. The Morgan fingerprint density at radius 2 is 1.68 bits per heavy atom. The van der Waals surface area contributed by atoms with Crippen LogP contribution < -0.4 is 28.9 Å². The number of carboxylic acid groups (broad SMARTS) is 1. The Bertz CT molecular complexity index is 2220. The highest BCUT2D eigenvalue weighted by Crippen LogP contribution is 2.32. The van der Waals surface area contributed by atoms with Gasteiger partial charge in [0.05, 0.1) is 12.9 Å². The van der Waals surface area contributed by atoms with Gasteiger partial charge in [0.1, 0.15) is 55.5 Å². The minimum absolute atomic E-state index is 0.0523. The Morgan fingerprint density at radius 3 is 2.34 bits per heavy atom. The van der Waals surface area contributed by atoms with Crippen molar-refractivity contribution < 1.29 is 75.6 Å². The largest absolute Gasteiger partial charge is 0.501 e. The number of nitrogens with one attached hydrogen (secondary N) is 1. The normalized spacial score (nSPS) is 19.4. The Morgan fingerprint density at radius 1 is 0.983 bits per heavy atom. The van der Waals surface area contributed by atoms with Crippen LogP contribution in [0.15, 0.2) is 54.9 Å². The monoisotopic (exact) mass is 849 g/mol. The van der Waals surface area contributed by atoms with Crippen molar-refractivity contribution in [1.29, 1.82) is 0 Å². The highest BCUT2D eigenvalue weighted by atomic mass is 32.3. The van der Waals surface area contributed by atoms with Crippen molar-refractivity contribution in [3.05, 3.63) is 60.4 Å². The number of aliphatic hydroxyl groups is 4. The molecule has 0 saturated carbocycles. The molecule has 1 aliphatic rings. The summed E-state index contributed by atoms with van der Waals surface area (Å²) < 4.78 is 59.1. The van der Waals surface area contributed by atoms with Gasteiger partial charge >= 0.3 is 22.5 Å². The van der Waals surface area contributed by atoms with Crippen LogP contribution in [0.25, 0.3) is 11.2 Å². The predicted octanol–water partition coefficient (Wildman–Crippen LogP) is -0.693. The van der Waals surface area contributed by atoms with E-state index in [1.54, 1.807) is 20.8 Å². The molecule has 59 heavy (non-hydrogen) atoms. The number of imidazole rings is 1. The zero-order valence-electron chi connectivity index (χ0n) is 31.8. The summed E-state index contributed by atoms with van der Waals surface area (Å²) in [6, 6.07) is 11.0.